The quantitative estimate of drug-likeness (QED) is 0.728. The van der Waals surface area contributed by atoms with Gasteiger partial charge in [0, 0.05) is 11.1 Å². The van der Waals surface area contributed by atoms with Gasteiger partial charge in [0.25, 0.3) is 0 Å². The van der Waals surface area contributed by atoms with E-state index >= 15 is 0 Å². The van der Waals surface area contributed by atoms with Gasteiger partial charge in [-0.15, -0.1) is 0 Å². The summed E-state index contributed by atoms with van der Waals surface area (Å²) in [5.41, 5.74) is 3.52. The SMILES string of the molecule is N#Cc1cc(F)c(Br)c2c3c([nH]c12)CCCCC3. The number of rotatable bonds is 0. The van der Waals surface area contributed by atoms with Gasteiger partial charge in [-0.05, 0) is 53.2 Å². The molecule has 1 aliphatic rings. The molecule has 0 spiro atoms. The molecule has 0 saturated heterocycles. The van der Waals surface area contributed by atoms with E-state index in [4.69, 9.17) is 5.26 Å². The molecular weight excluding hydrogens is 295 g/mol. The Kier molecular flexibility index (Phi) is 2.87. The number of halogens is 2. The van der Waals surface area contributed by atoms with Crippen molar-refractivity contribution >= 4 is 26.8 Å². The Morgan fingerprint density at radius 2 is 2.06 bits per heavy atom. The summed E-state index contributed by atoms with van der Waals surface area (Å²) in [7, 11) is 0. The van der Waals surface area contributed by atoms with Crippen LogP contribution in [0.15, 0.2) is 10.5 Å². The number of aromatic amines is 1. The predicted molar refractivity (Wildman–Crippen MR) is 71.9 cm³/mol. The van der Waals surface area contributed by atoms with Gasteiger partial charge in [0.05, 0.1) is 15.6 Å². The van der Waals surface area contributed by atoms with Crippen LogP contribution >= 0.6 is 15.9 Å². The van der Waals surface area contributed by atoms with Gasteiger partial charge in [0.2, 0.25) is 0 Å². The van der Waals surface area contributed by atoms with Crippen molar-refractivity contribution in [1.29, 1.82) is 5.26 Å². The standard InChI is InChI=1S/C14H12BrFN2/c15-13-10(16)6-8(7-17)14-12(13)9-4-2-1-3-5-11(9)18-14/h6,18H,1-5H2. The average Bonchev–Trinajstić information content (AvgIpc) is 2.57. The molecule has 0 unspecified atom stereocenters. The fourth-order valence-electron chi connectivity index (χ4n) is 2.77. The minimum atomic E-state index is -0.356. The summed E-state index contributed by atoms with van der Waals surface area (Å²) < 4.78 is 14.3. The molecule has 1 aliphatic carbocycles. The lowest BCUT2D eigenvalue weighted by atomic mass is 10.0. The molecule has 1 N–H and O–H groups in total. The maximum Gasteiger partial charge on any atom is 0.139 e. The number of aromatic nitrogens is 1. The van der Waals surface area contributed by atoms with Crippen LogP contribution in [0, 0.1) is 17.1 Å². The fourth-order valence-corrected chi connectivity index (χ4v) is 3.33. The molecule has 1 aromatic heterocycles. The Balaban J connectivity index is 2.39. The highest BCUT2D eigenvalue weighted by Crippen LogP contribution is 2.36. The predicted octanol–water partition coefficient (Wildman–Crippen LogP) is 4.21. The zero-order valence-electron chi connectivity index (χ0n) is 9.82. The van der Waals surface area contributed by atoms with E-state index in [1.54, 1.807) is 0 Å². The van der Waals surface area contributed by atoms with Crippen LogP contribution in [0.2, 0.25) is 0 Å². The van der Waals surface area contributed by atoms with E-state index in [1.165, 1.54) is 23.7 Å². The third kappa shape index (κ3) is 1.65. The molecule has 1 heterocycles. The number of nitriles is 1. The lowest BCUT2D eigenvalue weighted by Crippen LogP contribution is -1.88. The van der Waals surface area contributed by atoms with Crippen molar-refractivity contribution < 1.29 is 4.39 Å². The first kappa shape index (κ1) is 11.7. The fraction of sp³-hybridized carbons (Fsp3) is 0.357. The number of hydrogen-bond acceptors (Lipinski definition) is 1. The molecule has 0 amide bonds. The van der Waals surface area contributed by atoms with Crippen molar-refractivity contribution in [3.05, 3.63) is 33.2 Å². The van der Waals surface area contributed by atoms with Crippen LogP contribution in [0.25, 0.3) is 10.9 Å². The second-order valence-electron chi connectivity index (χ2n) is 4.72. The second kappa shape index (κ2) is 4.40. The molecule has 18 heavy (non-hydrogen) atoms. The highest BCUT2D eigenvalue weighted by Gasteiger charge is 2.20. The summed E-state index contributed by atoms with van der Waals surface area (Å²) in [6.07, 6.45) is 5.44. The van der Waals surface area contributed by atoms with E-state index in [-0.39, 0.29) is 5.82 Å². The monoisotopic (exact) mass is 306 g/mol. The van der Waals surface area contributed by atoms with Crippen LogP contribution < -0.4 is 0 Å². The number of nitrogens with one attached hydrogen (secondary N) is 1. The molecule has 4 heteroatoms. The van der Waals surface area contributed by atoms with Crippen molar-refractivity contribution in [2.75, 3.05) is 0 Å². The van der Waals surface area contributed by atoms with Gasteiger partial charge in [-0.25, -0.2) is 4.39 Å². The van der Waals surface area contributed by atoms with Crippen LogP contribution in [-0.4, -0.2) is 4.98 Å². The van der Waals surface area contributed by atoms with Crippen molar-refractivity contribution in [2.45, 2.75) is 32.1 Å². The first-order valence-corrected chi connectivity index (χ1v) is 6.93. The van der Waals surface area contributed by atoms with Gasteiger partial charge >= 0.3 is 0 Å². The van der Waals surface area contributed by atoms with Gasteiger partial charge in [-0.3, -0.25) is 0 Å². The number of nitrogens with zero attached hydrogens (tertiary/aromatic N) is 1. The molecule has 92 valence electrons. The van der Waals surface area contributed by atoms with Gasteiger partial charge < -0.3 is 4.98 Å². The summed E-state index contributed by atoms with van der Waals surface area (Å²) >= 11 is 3.32. The molecule has 3 rings (SSSR count). The lowest BCUT2D eigenvalue weighted by Gasteiger charge is -2.03. The summed E-state index contributed by atoms with van der Waals surface area (Å²) in [5, 5.41) is 9.98. The van der Waals surface area contributed by atoms with Crippen LogP contribution in [-0.2, 0) is 12.8 Å². The van der Waals surface area contributed by atoms with E-state index in [1.807, 2.05) is 0 Å². The second-order valence-corrected chi connectivity index (χ2v) is 5.52. The molecule has 1 aromatic carbocycles. The molecule has 2 nitrogen and oxygen atoms in total. The molecule has 0 saturated carbocycles. The third-order valence-electron chi connectivity index (χ3n) is 3.64. The lowest BCUT2D eigenvalue weighted by molar-refractivity contribution is 0.623. The smallest absolute Gasteiger partial charge is 0.139 e. The van der Waals surface area contributed by atoms with E-state index < -0.39 is 0 Å². The van der Waals surface area contributed by atoms with E-state index in [2.05, 4.69) is 27.0 Å². The van der Waals surface area contributed by atoms with Gasteiger partial charge in [0.1, 0.15) is 11.9 Å². The summed E-state index contributed by atoms with van der Waals surface area (Å²) in [6.45, 7) is 0. The Morgan fingerprint density at radius 3 is 2.83 bits per heavy atom. The van der Waals surface area contributed by atoms with E-state index in [9.17, 15) is 4.39 Å². The highest BCUT2D eigenvalue weighted by molar-refractivity contribution is 9.10. The molecule has 0 bridgehead atoms. The molecule has 0 fully saturated rings. The average molecular weight is 307 g/mol. The molecule has 0 atom stereocenters. The largest absolute Gasteiger partial charge is 0.357 e. The van der Waals surface area contributed by atoms with Gasteiger partial charge in [-0.2, -0.15) is 5.26 Å². The van der Waals surface area contributed by atoms with E-state index in [0.717, 1.165) is 36.6 Å². The summed E-state index contributed by atoms with van der Waals surface area (Å²) in [6, 6.07) is 3.36. The topological polar surface area (TPSA) is 39.6 Å². The Bertz CT molecular complexity index is 667. The number of benzene rings is 1. The van der Waals surface area contributed by atoms with Crippen LogP contribution in [0.1, 0.15) is 36.1 Å². The van der Waals surface area contributed by atoms with Crippen molar-refractivity contribution in [2.24, 2.45) is 0 Å². The minimum absolute atomic E-state index is 0.356. The Morgan fingerprint density at radius 1 is 1.28 bits per heavy atom. The Labute approximate surface area is 113 Å². The maximum absolute atomic E-state index is 13.8. The maximum atomic E-state index is 13.8. The first-order chi connectivity index (χ1) is 8.72. The molecule has 2 aromatic rings. The normalized spacial score (nSPS) is 15.2. The highest BCUT2D eigenvalue weighted by atomic mass is 79.9. The molecule has 0 radical (unpaired) electrons. The van der Waals surface area contributed by atoms with Gasteiger partial charge in [0.15, 0.2) is 0 Å². The van der Waals surface area contributed by atoms with Crippen LogP contribution in [0.3, 0.4) is 0 Å². The summed E-state index contributed by atoms with van der Waals surface area (Å²) in [5.74, 6) is -0.356. The van der Waals surface area contributed by atoms with Crippen LogP contribution in [0.5, 0.6) is 0 Å². The number of H-pyrrole nitrogens is 1. The zero-order valence-corrected chi connectivity index (χ0v) is 11.4. The molecule has 0 aliphatic heterocycles. The van der Waals surface area contributed by atoms with Crippen molar-refractivity contribution in [3.63, 3.8) is 0 Å². The number of aryl methyl sites for hydroxylation is 2. The third-order valence-corrected chi connectivity index (χ3v) is 4.41. The number of fused-ring (bicyclic) bond motifs is 3. The van der Waals surface area contributed by atoms with Crippen molar-refractivity contribution in [1.82, 2.24) is 4.98 Å². The summed E-state index contributed by atoms with van der Waals surface area (Å²) in [4.78, 5) is 3.32. The van der Waals surface area contributed by atoms with Crippen molar-refractivity contribution in [3.8, 4) is 6.07 Å². The molecular formula is C14H12BrFN2. The van der Waals surface area contributed by atoms with Gasteiger partial charge in [-0.1, -0.05) is 6.42 Å². The number of hydrogen-bond donors (Lipinski definition) is 1. The first-order valence-electron chi connectivity index (χ1n) is 6.14. The Hall–Kier alpha value is -1.34. The van der Waals surface area contributed by atoms with E-state index in [0.29, 0.717) is 10.0 Å². The zero-order chi connectivity index (χ0) is 12.7. The van der Waals surface area contributed by atoms with Crippen LogP contribution in [0.4, 0.5) is 4.39 Å². The minimum Gasteiger partial charge on any atom is -0.357 e.